The first-order valence-electron chi connectivity index (χ1n) is 11.6. The molecular weight excluding hydrogens is 440 g/mol. The SMILES string of the molecule is CC(=O)N(C)Cc1nccn1-c1ccc(N2CCc3c(C)nn(-c4ccc(C)cc4)c3C2=O)cc1. The number of benzene rings is 2. The molecule has 0 aliphatic carbocycles. The van der Waals surface area contributed by atoms with E-state index in [9.17, 15) is 9.59 Å². The van der Waals surface area contributed by atoms with Gasteiger partial charge in [0.1, 0.15) is 11.5 Å². The lowest BCUT2D eigenvalue weighted by atomic mass is 10.0. The number of aromatic nitrogens is 4. The molecule has 0 unspecified atom stereocenters. The number of carbonyl (C=O) groups is 2. The van der Waals surface area contributed by atoms with Gasteiger partial charge in [-0.05, 0) is 56.7 Å². The van der Waals surface area contributed by atoms with E-state index in [0.29, 0.717) is 18.8 Å². The fourth-order valence-electron chi connectivity index (χ4n) is 4.45. The maximum absolute atomic E-state index is 13.7. The highest BCUT2D eigenvalue weighted by atomic mass is 16.2. The third kappa shape index (κ3) is 4.12. The zero-order valence-electron chi connectivity index (χ0n) is 20.4. The van der Waals surface area contributed by atoms with Gasteiger partial charge in [0.2, 0.25) is 5.91 Å². The molecule has 35 heavy (non-hydrogen) atoms. The Kier molecular flexibility index (Phi) is 5.72. The third-order valence-electron chi connectivity index (χ3n) is 6.57. The van der Waals surface area contributed by atoms with E-state index in [-0.39, 0.29) is 11.8 Å². The topological polar surface area (TPSA) is 76.3 Å². The fraction of sp³-hybridized carbons (Fsp3) is 0.259. The summed E-state index contributed by atoms with van der Waals surface area (Å²) in [7, 11) is 1.75. The molecule has 178 valence electrons. The molecule has 0 bridgehead atoms. The molecule has 8 nitrogen and oxygen atoms in total. The van der Waals surface area contributed by atoms with Gasteiger partial charge in [0.05, 0.1) is 17.9 Å². The lowest BCUT2D eigenvalue weighted by Crippen LogP contribution is -2.38. The molecule has 2 aromatic heterocycles. The monoisotopic (exact) mass is 468 g/mol. The van der Waals surface area contributed by atoms with E-state index in [1.54, 1.807) is 22.8 Å². The molecule has 8 heteroatoms. The molecule has 0 saturated heterocycles. The molecule has 2 aromatic carbocycles. The second kappa shape index (κ2) is 8.87. The van der Waals surface area contributed by atoms with Gasteiger partial charge in [0.15, 0.2) is 0 Å². The average Bonchev–Trinajstić information content (AvgIpc) is 3.45. The van der Waals surface area contributed by atoms with Gasteiger partial charge in [-0.25, -0.2) is 9.67 Å². The summed E-state index contributed by atoms with van der Waals surface area (Å²) in [4.78, 5) is 33.1. The fourth-order valence-corrected chi connectivity index (χ4v) is 4.45. The standard InChI is InChI=1S/C27H28N6O2/c1-18-5-7-23(8-6-18)33-26-24(19(2)29-33)13-15-32(27(26)35)22-11-9-21(10-12-22)31-16-14-28-25(31)17-30(4)20(3)34/h5-12,14,16H,13,15,17H2,1-4H3. The van der Waals surface area contributed by atoms with E-state index in [4.69, 9.17) is 5.10 Å². The van der Waals surface area contributed by atoms with Crippen LogP contribution in [0.5, 0.6) is 0 Å². The average molecular weight is 469 g/mol. The Bertz CT molecular complexity index is 1400. The van der Waals surface area contributed by atoms with Gasteiger partial charge in [-0.2, -0.15) is 5.10 Å². The zero-order chi connectivity index (χ0) is 24.7. The molecule has 1 aliphatic rings. The molecular formula is C27H28N6O2. The second-order valence-electron chi connectivity index (χ2n) is 8.97. The summed E-state index contributed by atoms with van der Waals surface area (Å²) >= 11 is 0. The van der Waals surface area contributed by atoms with Crippen LogP contribution in [-0.2, 0) is 17.8 Å². The van der Waals surface area contributed by atoms with E-state index in [1.165, 1.54) is 6.92 Å². The molecule has 2 amide bonds. The number of anilines is 1. The summed E-state index contributed by atoms with van der Waals surface area (Å²) in [5.41, 5.74) is 6.34. The van der Waals surface area contributed by atoms with Crippen molar-refractivity contribution >= 4 is 17.5 Å². The van der Waals surface area contributed by atoms with Crippen molar-refractivity contribution < 1.29 is 9.59 Å². The van der Waals surface area contributed by atoms with Gasteiger partial charge in [-0.3, -0.25) is 9.59 Å². The van der Waals surface area contributed by atoms with Crippen molar-refractivity contribution in [2.75, 3.05) is 18.5 Å². The van der Waals surface area contributed by atoms with Gasteiger partial charge < -0.3 is 14.4 Å². The highest BCUT2D eigenvalue weighted by Crippen LogP contribution is 2.29. The van der Waals surface area contributed by atoms with Crippen molar-refractivity contribution in [2.24, 2.45) is 0 Å². The smallest absolute Gasteiger partial charge is 0.277 e. The van der Waals surface area contributed by atoms with Crippen LogP contribution in [-0.4, -0.2) is 49.6 Å². The Hall–Kier alpha value is -4.20. The van der Waals surface area contributed by atoms with Crippen molar-refractivity contribution in [1.82, 2.24) is 24.2 Å². The van der Waals surface area contributed by atoms with Crippen molar-refractivity contribution in [3.63, 3.8) is 0 Å². The van der Waals surface area contributed by atoms with Crippen molar-refractivity contribution in [2.45, 2.75) is 33.7 Å². The van der Waals surface area contributed by atoms with Crippen LogP contribution in [0.2, 0.25) is 0 Å². The molecule has 0 atom stereocenters. The van der Waals surface area contributed by atoms with E-state index in [0.717, 1.165) is 46.1 Å². The molecule has 5 rings (SSSR count). The molecule has 3 heterocycles. The molecule has 0 saturated carbocycles. The van der Waals surface area contributed by atoms with Crippen molar-refractivity contribution in [1.29, 1.82) is 0 Å². The van der Waals surface area contributed by atoms with Crippen LogP contribution >= 0.6 is 0 Å². The largest absolute Gasteiger partial charge is 0.339 e. The summed E-state index contributed by atoms with van der Waals surface area (Å²) < 4.78 is 3.73. The van der Waals surface area contributed by atoms with Crippen LogP contribution in [0.25, 0.3) is 11.4 Å². The number of imidazole rings is 1. The molecule has 0 N–H and O–H groups in total. The Morgan fingerprint density at radius 1 is 1.00 bits per heavy atom. The van der Waals surface area contributed by atoms with Gasteiger partial charge >= 0.3 is 0 Å². The van der Waals surface area contributed by atoms with Crippen molar-refractivity contribution in [3.05, 3.63) is 89.3 Å². The molecule has 1 aliphatic heterocycles. The number of nitrogens with zero attached hydrogens (tertiary/aromatic N) is 6. The van der Waals surface area contributed by atoms with E-state index >= 15 is 0 Å². The minimum atomic E-state index is -0.0495. The summed E-state index contributed by atoms with van der Waals surface area (Å²) in [5, 5.41) is 4.70. The van der Waals surface area contributed by atoms with Crippen LogP contribution in [0.1, 0.15) is 40.1 Å². The number of hydrogen-bond donors (Lipinski definition) is 0. The predicted molar refractivity (Wildman–Crippen MR) is 134 cm³/mol. The van der Waals surface area contributed by atoms with Crippen LogP contribution in [0, 0.1) is 13.8 Å². The summed E-state index contributed by atoms with van der Waals surface area (Å²) in [6.45, 7) is 6.56. The Labute approximate surface area is 204 Å². The number of hydrogen-bond acceptors (Lipinski definition) is 4. The normalized spacial score (nSPS) is 13.1. The first-order valence-corrected chi connectivity index (χ1v) is 11.6. The molecule has 0 radical (unpaired) electrons. The van der Waals surface area contributed by atoms with Crippen LogP contribution < -0.4 is 4.90 Å². The summed E-state index contributed by atoms with van der Waals surface area (Å²) in [6, 6.07) is 15.9. The number of rotatable bonds is 5. The zero-order valence-corrected chi connectivity index (χ0v) is 20.4. The number of aryl methyl sites for hydroxylation is 2. The van der Waals surface area contributed by atoms with Crippen molar-refractivity contribution in [3.8, 4) is 11.4 Å². The molecule has 0 fully saturated rings. The first-order chi connectivity index (χ1) is 16.8. The lowest BCUT2D eigenvalue weighted by molar-refractivity contribution is -0.128. The Morgan fingerprint density at radius 2 is 1.66 bits per heavy atom. The van der Waals surface area contributed by atoms with Gasteiger partial charge in [-0.1, -0.05) is 17.7 Å². The van der Waals surface area contributed by atoms with Crippen LogP contribution in [0.15, 0.2) is 60.9 Å². The summed E-state index contributed by atoms with van der Waals surface area (Å²) in [5.74, 6) is 0.705. The summed E-state index contributed by atoms with van der Waals surface area (Å²) in [6.07, 6.45) is 4.35. The number of fused-ring (bicyclic) bond motifs is 1. The molecule has 4 aromatic rings. The van der Waals surface area contributed by atoms with E-state index in [1.807, 2.05) is 78.0 Å². The van der Waals surface area contributed by atoms with Crippen LogP contribution in [0.3, 0.4) is 0 Å². The van der Waals surface area contributed by atoms with Gasteiger partial charge in [-0.15, -0.1) is 0 Å². The minimum Gasteiger partial charge on any atom is -0.339 e. The predicted octanol–water partition coefficient (Wildman–Crippen LogP) is 3.86. The maximum atomic E-state index is 13.7. The van der Waals surface area contributed by atoms with E-state index < -0.39 is 0 Å². The highest BCUT2D eigenvalue weighted by molar-refractivity contribution is 6.07. The number of carbonyl (C=O) groups excluding carboxylic acids is 2. The second-order valence-corrected chi connectivity index (χ2v) is 8.97. The van der Waals surface area contributed by atoms with Gasteiger partial charge in [0, 0.05) is 49.8 Å². The third-order valence-corrected chi connectivity index (χ3v) is 6.57. The van der Waals surface area contributed by atoms with E-state index in [2.05, 4.69) is 4.98 Å². The Balaban J connectivity index is 1.43. The minimum absolute atomic E-state index is 0.0157. The maximum Gasteiger partial charge on any atom is 0.277 e. The molecule has 0 spiro atoms. The number of amides is 2. The Morgan fingerprint density at radius 3 is 2.34 bits per heavy atom. The first kappa shape index (κ1) is 22.6. The van der Waals surface area contributed by atoms with Crippen LogP contribution in [0.4, 0.5) is 5.69 Å². The van der Waals surface area contributed by atoms with Gasteiger partial charge in [0.25, 0.3) is 5.91 Å². The quantitative estimate of drug-likeness (QED) is 0.446. The lowest BCUT2D eigenvalue weighted by Gasteiger charge is -2.28. The highest BCUT2D eigenvalue weighted by Gasteiger charge is 2.32.